The van der Waals surface area contributed by atoms with Crippen LogP contribution in [-0.4, -0.2) is 17.8 Å². The van der Waals surface area contributed by atoms with Crippen LogP contribution in [0.4, 0.5) is 0 Å². The molecule has 1 saturated carbocycles. The summed E-state index contributed by atoms with van der Waals surface area (Å²) in [4.78, 5) is 11.9. The Morgan fingerprint density at radius 2 is 2.22 bits per heavy atom. The Bertz CT molecular complexity index is 426. The second kappa shape index (κ2) is 5.87. The summed E-state index contributed by atoms with van der Waals surface area (Å²) in [6.07, 6.45) is 4.16. The van der Waals surface area contributed by atoms with Gasteiger partial charge in [-0.15, -0.1) is 0 Å². The average molecular weight is 310 g/mol. The van der Waals surface area contributed by atoms with Gasteiger partial charge in [-0.3, -0.25) is 4.79 Å². The zero-order chi connectivity index (χ0) is 13.0. The average Bonchev–Trinajstić information content (AvgIpc) is 3.08. The third-order valence-electron chi connectivity index (χ3n) is 3.69. The van der Waals surface area contributed by atoms with Crippen LogP contribution >= 0.6 is 15.9 Å². The fourth-order valence-electron chi connectivity index (χ4n) is 2.25. The Labute approximate surface area is 117 Å². The lowest BCUT2D eigenvalue weighted by molar-refractivity contribution is -0.120. The number of aryl methyl sites for hydroxylation is 1. The Hall–Kier alpha value is -0.830. The van der Waals surface area contributed by atoms with Crippen LogP contribution in [0.5, 0.6) is 0 Å². The van der Waals surface area contributed by atoms with Crippen molar-refractivity contribution in [2.24, 2.45) is 5.41 Å². The summed E-state index contributed by atoms with van der Waals surface area (Å²) in [6, 6.07) is 8.14. The minimum absolute atomic E-state index is 0.140. The van der Waals surface area contributed by atoms with Gasteiger partial charge in [-0.1, -0.05) is 45.8 Å². The van der Waals surface area contributed by atoms with E-state index < -0.39 is 0 Å². The molecule has 0 aliphatic heterocycles. The van der Waals surface area contributed by atoms with E-state index in [1.165, 1.54) is 18.4 Å². The van der Waals surface area contributed by atoms with Crippen molar-refractivity contribution in [3.8, 4) is 0 Å². The smallest absolute Gasteiger partial charge is 0.224 e. The van der Waals surface area contributed by atoms with Crippen molar-refractivity contribution in [2.45, 2.75) is 32.6 Å². The zero-order valence-electron chi connectivity index (χ0n) is 10.8. The van der Waals surface area contributed by atoms with E-state index in [0.29, 0.717) is 11.8 Å². The fraction of sp³-hybridized carbons (Fsp3) is 0.533. The van der Waals surface area contributed by atoms with Gasteiger partial charge >= 0.3 is 0 Å². The van der Waals surface area contributed by atoms with Crippen LogP contribution in [0, 0.1) is 12.3 Å². The monoisotopic (exact) mass is 309 g/mol. The van der Waals surface area contributed by atoms with E-state index in [0.717, 1.165) is 23.9 Å². The normalized spacial score (nSPS) is 16.3. The van der Waals surface area contributed by atoms with Crippen LogP contribution in [0.1, 0.15) is 30.4 Å². The van der Waals surface area contributed by atoms with Crippen molar-refractivity contribution in [3.63, 3.8) is 0 Å². The molecule has 2 nitrogen and oxygen atoms in total. The molecule has 0 aromatic heterocycles. The van der Waals surface area contributed by atoms with Crippen molar-refractivity contribution in [2.75, 3.05) is 11.9 Å². The number of hydrogen-bond acceptors (Lipinski definition) is 1. The molecule has 0 saturated heterocycles. The number of carbonyl (C=O) groups is 1. The Morgan fingerprint density at radius 1 is 1.44 bits per heavy atom. The second-order valence-corrected chi connectivity index (χ2v) is 6.17. The lowest BCUT2D eigenvalue weighted by Crippen LogP contribution is -2.31. The van der Waals surface area contributed by atoms with Crippen LogP contribution in [0.15, 0.2) is 24.3 Å². The Morgan fingerprint density at radius 3 is 2.83 bits per heavy atom. The zero-order valence-corrected chi connectivity index (χ0v) is 12.4. The summed E-state index contributed by atoms with van der Waals surface area (Å²) in [6.45, 7) is 2.89. The molecular formula is C15H20BrNO. The Balaban J connectivity index is 1.79. The molecule has 1 aromatic rings. The van der Waals surface area contributed by atoms with Crippen LogP contribution < -0.4 is 5.32 Å². The van der Waals surface area contributed by atoms with Gasteiger partial charge in [0.25, 0.3) is 0 Å². The first kappa shape index (κ1) is 13.6. The predicted molar refractivity (Wildman–Crippen MR) is 78.0 cm³/mol. The molecule has 0 atom stereocenters. The first-order valence-corrected chi connectivity index (χ1v) is 7.64. The predicted octanol–water partition coefficient (Wildman–Crippen LogP) is 3.22. The molecular weight excluding hydrogens is 290 g/mol. The van der Waals surface area contributed by atoms with Crippen molar-refractivity contribution in [1.82, 2.24) is 5.32 Å². The number of amides is 1. The highest BCUT2D eigenvalue weighted by molar-refractivity contribution is 9.09. The maximum absolute atomic E-state index is 11.9. The number of rotatable bonds is 6. The first-order chi connectivity index (χ1) is 8.63. The quantitative estimate of drug-likeness (QED) is 0.803. The molecule has 0 spiro atoms. The molecule has 1 fully saturated rings. The second-order valence-electron chi connectivity index (χ2n) is 5.38. The molecule has 1 amide bonds. The number of benzene rings is 1. The van der Waals surface area contributed by atoms with Gasteiger partial charge in [0.05, 0.1) is 6.42 Å². The SMILES string of the molecule is Cc1cccc(CC(=O)NCC2(CCBr)CC2)c1. The third kappa shape index (κ3) is 3.84. The molecule has 1 aromatic carbocycles. The summed E-state index contributed by atoms with van der Waals surface area (Å²) in [5.41, 5.74) is 2.70. The van der Waals surface area contributed by atoms with Crippen LogP contribution in [0.3, 0.4) is 0 Å². The fourth-order valence-corrected chi connectivity index (χ4v) is 3.09. The summed E-state index contributed by atoms with van der Waals surface area (Å²) in [7, 11) is 0. The number of nitrogens with one attached hydrogen (secondary N) is 1. The molecule has 2 rings (SSSR count). The lowest BCUT2D eigenvalue weighted by Gasteiger charge is -2.14. The van der Waals surface area contributed by atoms with E-state index in [2.05, 4.69) is 40.3 Å². The van der Waals surface area contributed by atoms with Gasteiger partial charge in [-0.2, -0.15) is 0 Å². The number of halogens is 1. The third-order valence-corrected chi connectivity index (χ3v) is 4.09. The van der Waals surface area contributed by atoms with Gasteiger partial charge in [0.1, 0.15) is 0 Å². The van der Waals surface area contributed by atoms with Gasteiger partial charge in [0.2, 0.25) is 5.91 Å². The van der Waals surface area contributed by atoms with E-state index >= 15 is 0 Å². The molecule has 0 heterocycles. The summed E-state index contributed by atoms with van der Waals surface area (Å²) in [5.74, 6) is 0.140. The molecule has 98 valence electrons. The van der Waals surface area contributed by atoms with Gasteiger partial charge in [-0.05, 0) is 37.2 Å². The molecule has 1 aliphatic carbocycles. The van der Waals surface area contributed by atoms with Gasteiger partial charge in [-0.25, -0.2) is 0 Å². The van der Waals surface area contributed by atoms with Crippen molar-refractivity contribution in [3.05, 3.63) is 35.4 Å². The maximum Gasteiger partial charge on any atom is 0.224 e. The van der Waals surface area contributed by atoms with Crippen LogP contribution in [-0.2, 0) is 11.2 Å². The van der Waals surface area contributed by atoms with E-state index in [9.17, 15) is 4.79 Å². The summed E-state index contributed by atoms with van der Waals surface area (Å²) < 4.78 is 0. The largest absolute Gasteiger partial charge is 0.355 e. The highest BCUT2D eigenvalue weighted by atomic mass is 79.9. The molecule has 18 heavy (non-hydrogen) atoms. The standard InChI is InChI=1S/C15H20BrNO/c1-12-3-2-4-13(9-12)10-14(18)17-11-15(5-6-15)7-8-16/h2-4,9H,5-8,10-11H2,1H3,(H,17,18). The van der Waals surface area contributed by atoms with Gasteiger partial charge in [0.15, 0.2) is 0 Å². The summed E-state index contributed by atoms with van der Waals surface area (Å²) in [5, 5.41) is 4.11. The number of alkyl halides is 1. The highest BCUT2D eigenvalue weighted by Gasteiger charge is 2.41. The van der Waals surface area contributed by atoms with E-state index in [4.69, 9.17) is 0 Å². The van der Waals surface area contributed by atoms with Crippen LogP contribution in [0.2, 0.25) is 0 Å². The van der Waals surface area contributed by atoms with Crippen molar-refractivity contribution < 1.29 is 4.79 Å². The van der Waals surface area contributed by atoms with Crippen LogP contribution in [0.25, 0.3) is 0 Å². The molecule has 1 N–H and O–H groups in total. The first-order valence-electron chi connectivity index (χ1n) is 6.52. The minimum atomic E-state index is 0.140. The Kier molecular flexibility index (Phi) is 4.44. The maximum atomic E-state index is 11.9. The summed E-state index contributed by atoms with van der Waals surface area (Å²) >= 11 is 3.48. The lowest BCUT2D eigenvalue weighted by atomic mass is 10.0. The molecule has 3 heteroatoms. The van der Waals surface area contributed by atoms with E-state index in [-0.39, 0.29) is 5.91 Å². The van der Waals surface area contributed by atoms with Crippen molar-refractivity contribution >= 4 is 21.8 Å². The molecule has 0 radical (unpaired) electrons. The van der Waals surface area contributed by atoms with Gasteiger partial charge < -0.3 is 5.32 Å². The van der Waals surface area contributed by atoms with Crippen molar-refractivity contribution in [1.29, 1.82) is 0 Å². The van der Waals surface area contributed by atoms with Gasteiger partial charge in [0, 0.05) is 11.9 Å². The molecule has 1 aliphatic rings. The molecule has 0 unspecified atom stereocenters. The number of hydrogen-bond donors (Lipinski definition) is 1. The van der Waals surface area contributed by atoms with E-state index in [1.807, 2.05) is 12.1 Å². The van der Waals surface area contributed by atoms with E-state index in [1.54, 1.807) is 0 Å². The molecule has 0 bridgehead atoms. The highest BCUT2D eigenvalue weighted by Crippen LogP contribution is 2.48. The minimum Gasteiger partial charge on any atom is -0.355 e. The topological polar surface area (TPSA) is 29.1 Å². The number of carbonyl (C=O) groups excluding carboxylic acids is 1.